The van der Waals surface area contributed by atoms with Crippen molar-refractivity contribution in [3.63, 3.8) is 0 Å². The van der Waals surface area contributed by atoms with Gasteiger partial charge in [0, 0.05) is 22.2 Å². The maximum Gasteiger partial charge on any atom is 0.416 e. The van der Waals surface area contributed by atoms with Crippen LogP contribution in [0.3, 0.4) is 0 Å². The molecule has 1 aromatic heterocycles. The molecule has 2 aromatic carbocycles. The third-order valence-corrected chi connectivity index (χ3v) is 3.11. The Bertz CT molecular complexity index is 771. The molecule has 0 atom stereocenters. The number of aromatic amines is 1. The van der Waals surface area contributed by atoms with Gasteiger partial charge in [0.2, 0.25) is 0 Å². The lowest BCUT2D eigenvalue weighted by molar-refractivity contribution is -0.137. The van der Waals surface area contributed by atoms with Crippen LogP contribution in [-0.4, -0.2) is 4.98 Å². The highest BCUT2D eigenvalue weighted by atomic mass is 19.4. The lowest BCUT2D eigenvalue weighted by Crippen LogP contribution is -2.03. The van der Waals surface area contributed by atoms with Crippen LogP contribution in [0, 0.1) is 5.82 Å². The molecule has 0 aliphatic carbocycles. The van der Waals surface area contributed by atoms with Gasteiger partial charge in [-0.05, 0) is 36.4 Å². The summed E-state index contributed by atoms with van der Waals surface area (Å²) in [7, 11) is 0. The summed E-state index contributed by atoms with van der Waals surface area (Å²) >= 11 is 0. The SMILES string of the molecule is Fc1ccccc1-c1cc2cc(C(F)(F)F)ccc2[nH]1. The third kappa shape index (κ3) is 2.15. The van der Waals surface area contributed by atoms with Gasteiger partial charge in [0.05, 0.1) is 5.56 Å². The van der Waals surface area contributed by atoms with Crippen molar-refractivity contribution >= 4 is 10.9 Å². The maximum atomic E-state index is 13.7. The predicted octanol–water partition coefficient (Wildman–Crippen LogP) is 4.99. The Kier molecular flexibility index (Phi) is 2.78. The highest BCUT2D eigenvalue weighted by molar-refractivity contribution is 5.86. The molecule has 3 rings (SSSR count). The van der Waals surface area contributed by atoms with E-state index in [-0.39, 0.29) is 0 Å². The molecule has 1 nitrogen and oxygen atoms in total. The molecule has 0 amide bonds. The largest absolute Gasteiger partial charge is 0.416 e. The van der Waals surface area contributed by atoms with E-state index in [0.29, 0.717) is 22.2 Å². The first-order chi connectivity index (χ1) is 9.45. The molecule has 3 aromatic rings. The zero-order chi connectivity index (χ0) is 14.3. The zero-order valence-electron chi connectivity index (χ0n) is 10.1. The zero-order valence-corrected chi connectivity index (χ0v) is 10.1. The van der Waals surface area contributed by atoms with Crippen molar-refractivity contribution in [2.75, 3.05) is 0 Å². The van der Waals surface area contributed by atoms with Crippen LogP contribution in [0.1, 0.15) is 5.56 Å². The molecule has 0 saturated carbocycles. The molecule has 1 heterocycles. The molecule has 1 N–H and O–H groups in total. The van der Waals surface area contributed by atoms with Gasteiger partial charge >= 0.3 is 6.18 Å². The summed E-state index contributed by atoms with van der Waals surface area (Å²) in [4.78, 5) is 2.92. The van der Waals surface area contributed by atoms with Crippen molar-refractivity contribution in [2.45, 2.75) is 6.18 Å². The number of benzene rings is 2. The Hall–Kier alpha value is -2.30. The molecule has 5 heteroatoms. The van der Waals surface area contributed by atoms with Crippen molar-refractivity contribution in [3.8, 4) is 11.3 Å². The molecule has 0 aliphatic rings. The van der Waals surface area contributed by atoms with E-state index in [4.69, 9.17) is 0 Å². The number of aromatic nitrogens is 1. The summed E-state index contributed by atoms with van der Waals surface area (Å²) in [6.07, 6.45) is -4.39. The average Bonchev–Trinajstić information content (AvgIpc) is 2.80. The fourth-order valence-corrected chi connectivity index (χ4v) is 2.13. The fourth-order valence-electron chi connectivity index (χ4n) is 2.13. The van der Waals surface area contributed by atoms with Crippen LogP contribution in [0.15, 0.2) is 48.5 Å². The van der Waals surface area contributed by atoms with Gasteiger partial charge in [0.15, 0.2) is 0 Å². The first-order valence-corrected chi connectivity index (χ1v) is 5.90. The number of hydrogen-bond acceptors (Lipinski definition) is 0. The third-order valence-electron chi connectivity index (χ3n) is 3.11. The van der Waals surface area contributed by atoms with E-state index in [9.17, 15) is 17.6 Å². The number of nitrogens with one attached hydrogen (secondary N) is 1. The Morgan fingerprint density at radius 1 is 0.900 bits per heavy atom. The second kappa shape index (κ2) is 4.37. The lowest BCUT2D eigenvalue weighted by Gasteiger charge is -2.05. The van der Waals surface area contributed by atoms with Crippen LogP contribution in [0.5, 0.6) is 0 Å². The molecule has 20 heavy (non-hydrogen) atoms. The van der Waals surface area contributed by atoms with E-state index in [1.54, 1.807) is 18.2 Å². The first kappa shape index (κ1) is 12.7. The fraction of sp³-hybridized carbons (Fsp3) is 0.0667. The van der Waals surface area contributed by atoms with Gasteiger partial charge < -0.3 is 4.98 Å². The van der Waals surface area contributed by atoms with Crippen LogP contribution in [0.4, 0.5) is 17.6 Å². The van der Waals surface area contributed by atoms with Gasteiger partial charge in [-0.15, -0.1) is 0 Å². The number of halogens is 4. The molecule has 0 saturated heterocycles. The quantitative estimate of drug-likeness (QED) is 0.604. The summed E-state index contributed by atoms with van der Waals surface area (Å²) in [5.41, 5.74) is 0.606. The van der Waals surface area contributed by atoms with Gasteiger partial charge in [-0.3, -0.25) is 0 Å². The summed E-state index contributed by atoms with van der Waals surface area (Å²) in [6, 6.07) is 11.0. The van der Waals surface area contributed by atoms with Crippen molar-refractivity contribution < 1.29 is 17.6 Å². The maximum absolute atomic E-state index is 13.7. The number of alkyl halides is 3. The van der Waals surface area contributed by atoms with E-state index in [2.05, 4.69) is 4.98 Å². The summed E-state index contributed by atoms with van der Waals surface area (Å²) in [6.45, 7) is 0. The van der Waals surface area contributed by atoms with Crippen molar-refractivity contribution in [2.24, 2.45) is 0 Å². The predicted molar refractivity (Wildman–Crippen MR) is 68.7 cm³/mol. The number of fused-ring (bicyclic) bond motifs is 1. The van der Waals surface area contributed by atoms with Gasteiger partial charge in [-0.1, -0.05) is 12.1 Å². The molecule has 0 fully saturated rings. The van der Waals surface area contributed by atoms with Gasteiger partial charge in [-0.25, -0.2) is 4.39 Å². The van der Waals surface area contributed by atoms with E-state index in [1.807, 2.05) is 0 Å². The van der Waals surface area contributed by atoms with Gasteiger partial charge in [-0.2, -0.15) is 13.2 Å². The minimum absolute atomic E-state index is 0.331. The summed E-state index contributed by atoms with van der Waals surface area (Å²) in [5, 5.41) is 0.401. The van der Waals surface area contributed by atoms with Crippen molar-refractivity contribution in [3.05, 3.63) is 59.9 Å². The van der Waals surface area contributed by atoms with E-state index in [0.717, 1.165) is 12.1 Å². The Morgan fingerprint density at radius 2 is 1.65 bits per heavy atom. The topological polar surface area (TPSA) is 15.8 Å². The molecular weight excluding hydrogens is 270 g/mol. The minimum atomic E-state index is -4.39. The van der Waals surface area contributed by atoms with Crippen molar-refractivity contribution in [1.29, 1.82) is 0 Å². The first-order valence-electron chi connectivity index (χ1n) is 5.90. The van der Waals surface area contributed by atoms with E-state index < -0.39 is 17.6 Å². The van der Waals surface area contributed by atoms with Crippen molar-refractivity contribution in [1.82, 2.24) is 4.98 Å². The average molecular weight is 279 g/mol. The molecule has 102 valence electrons. The molecule has 0 bridgehead atoms. The summed E-state index contributed by atoms with van der Waals surface area (Å²) in [5.74, 6) is -0.421. The Balaban J connectivity index is 2.14. The van der Waals surface area contributed by atoms with E-state index in [1.165, 1.54) is 18.2 Å². The smallest absolute Gasteiger partial charge is 0.354 e. The summed E-state index contributed by atoms with van der Waals surface area (Å²) < 4.78 is 51.6. The van der Waals surface area contributed by atoms with Crippen LogP contribution in [0.2, 0.25) is 0 Å². The lowest BCUT2D eigenvalue weighted by atomic mass is 10.1. The number of hydrogen-bond donors (Lipinski definition) is 1. The molecule has 0 radical (unpaired) electrons. The molecular formula is C15H9F4N. The van der Waals surface area contributed by atoms with Crippen LogP contribution in [0.25, 0.3) is 22.2 Å². The van der Waals surface area contributed by atoms with Crippen LogP contribution in [-0.2, 0) is 6.18 Å². The standard InChI is InChI=1S/C15H9F4N/c16-12-4-2-1-3-11(12)14-8-9-7-10(15(17,18)19)5-6-13(9)20-14/h1-8,20H. The Morgan fingerprint density at radius 3 is 2.35 bits per heavy atom. The van der Waals surface area contributed by atoms with Gasteiger partial charge in [0.1, 0.15) is 5.82 Å². The number of rotatable bonds is 1. The normalized spacial score (nSPS) is 12.0. The molecule has 0 spiro atoms. The van der Waals surface area contributed by atoms with Crippen LogP contribution >= 0.6 is 0 Å². The van der Waals surface area contributed by atoms with Crippen LogP contribution < -0.4 is 0 Å². The second-order valence-corrected chi connectivity index (χ2v) is 4.46. The second-order valence-electron chi connectivity index (χ2n) is 4.46. The highest BCUT2D eigenvalue weighted by Gasteiger charge is 2.30. The molecule has 0 aliphatic heterocycles. The van der Waals surface area contributed by atoms with E-state index >= 15 is 0 Å². The van der Waals surface area contributed by atoms with Gasteiger partial charge in [0.25, 0.3) is 0 Å². The number of H-pyrrole nitrogens is 1. The minimum Gasteiger partial charge on any atom is -0.354 e. The molecule has 0 unspecified atom stereocenters. The Labute approximate surface area is 111 Å². The highest BCUT2D eigenvalue weighted by Crippen LogP contribution is 2.33. The monoisotopic (exact) mass is 279 g/mol.